The summed E-state index contributed by atoms with van der Waals surface area (Å²) >= 11 is 0. The Balaban J connectivity index is 2.32. The van der Waals surface area contributed by atoms with Crippen LogP contribution in [0.25, 0.3) is 0 Å². The molecule has 1 aliphatic heterocycles. The fourth-order valence-corrected chi connectivity index (χ4v) is 1.72. The minimum Gasteiger partial charge on any atom is -0.261 e. The highest BCUT2D eigenvalue weighted by Crippen LogP contribution is 2.29. The average Bonchev–Trinajstić information content (AvgIpc) is 2.29. The molecule has 0 N–H and O–H groups in total. The molecule has 0 aromatic rings. The van der Waals surface area contributed by atoms with Gasteiger partial charge in [-0.25, -0.2) is 0 Å². The van der Waals surface area contributed by atoms with Crippen LogP contribution in [-0.2, 0) is 0 Å². The third-order valence-corrected chi connectivity index (χ3v) is 2.49. The van der Waals surface area contributed by atoms with Crippen molar-refractivity contribution in [3.05, 3.63) is 36.1 Å². The topological polar surface area (TPSA) is 12.4 Å². The summed E-state index contributed by atoms with van der Waals surface area (Å²) in [6.45, 7) is 2.28. The molecule has 0 amide bonds. The predicted octanol–water partition coefficient (Wildman–Crippen LogP) is 2.72. The van der Waals surface area contributed by atoms with E-state index >= 15 is 0 Å². The molecule has 12 heavy (non-hydrogen) atoms. The van der Waals surface area contributed by atoms with Gasteiger partial charge in [-0.15, -0.1) is 0 Å². The summed E-state index contributed by atoms with van der Waals surface area (Å²) in [6.07, 6.45) is 13.8. The predicted molar refractivity (Wildman–Crippen MR) is 52.1 cm³/mol. The van der Waals surface area contributed by atoms with E-state index in [2.05, 4.69) is 36.2 Å². The number of allylic oxidation sites excluding steroid dienone is 5. The lowest BCUT2D eigenvalue weighted by molar-refractivity contribution is 0.485. The van der Waals surface area contributed by atoms with Crippen molar-refractivity contribution in [1.29, 1.82) is 0 Å². The Kier molecular flexibility index (Phi) is 1.94. The first-order valence-corrected chi connectivity index (χ1v) is 4.45. The summed E-state index contributed by atoms with van der Waals surface area (Å²) in [7, 11) is 0. The molecule has 0 saturated carbocycles. The van der Waals surface area contributed by atoms with Crippen molar-refractivity contribution in [2.24, 2.45) is 16.8 Å². The maximum absolute atomic E-state index is 4.36. The normalized spacial score (nSPS) is 32.6. The molecule has 0 bridgehead atoms. The van der Waals surface area contributed by atoms with Gasteiger partial charge >= 0.3 is 0 Å². The number of fused-ring (bicyclic) bond motifs is 1. The molecule has 1 heteroatoms. The highest BCUT2D eigenvalue weighted by atomic mass is 14.7. The zero-order chi connectivity index (χ0) is 8.39. The number of hydrogen-bond donors (Lipinski definition) is 0. The zero-order valence-corrected chi connectivity index (χ0v) is 7.27. The molecule has 2 atom stereocenters. The van der Waals surface area contributed by atoms with Gasteiger partial charge in [0, 0.05) is 17.8 Å². The summed E-state index contributed by atoms with van der Waals surface area (Å²) in [6, 6.07) is 0. The van der Waals surface area contributed by atoms with Gasteiger partial charge in [-0.2, -0.15) is 0 Å². The maximum atomic E-state index is 4.36. The molecule has 1 heterocycles. The van der Waals surface area contributed by atoms with Gasteiger partial charge in [0.2, 0.25) is 0 Å². The van der Waals surface area contributed by atoms with Crippen LogP contribution in [-0.4, -0.2) is 6.21 Å². The van der Waals surface area contributed by atoms with Crippen molar-refractivity contribution in [3.63, 3.8) is 0 Å². The van der Waals surface area contributed by atoms with Crippen molar-refractivity contribution < 1.29 is 0 Å². The second-order valence-electron chi connectivity index (χ2n) is 3.42. The fraction of sp³-hybridized carbons (Fsp3) is 0.364. The quantitative estimate of drug-likeness (QED) is 0.515. The van der Waals surface area contributed by atoms with Crippen LogP contribution in [0.4, 0.5) is 0 Å². The maximum Gasteiger partial charge on any atom is 0.0474 e. The van der Waals surface area contributed by atoms with E-state index in [1.165, 1.54) is 5.70 Å². The summed E-state index contributed by atoms with van der Waals surface area (Å²) in [5.74, 6) is 1.22. The minimum atomic E-state index is 0.532. The van der Waals surface area contributed by atoms with E-state index in [0.717, 1.165) is 6.42 Å². The molecule has 62 valence electrons. The molecule has 0 aromatic heterocycles. The Bertz CT molecular complexity index is 281. The van der Waals surface area contributed by atoms with E-state index in [1.807, 2.05) is 12.3 Å². The van der Waals surface area contributed by atoms with Gasteiger partial charge in [0.05, 0.1) is 0 Å². The van der Waals surface area contributed by atoms with E-state index in [1.54, 1.807) is 0 Å². The molecule has 2 aliphatic rings. The molecule has 2 rings (SSSR count). The Morgan fingerprint density at radius 2 is 2.33 bits per heavy atom. The Morgan fingerprint density at radius 1 is 1.42 bits per heavy atom. The van der Waals surface area contributed by atoms with Gasteiger partial charge < -0.3 is 0 Å². The highest BCUT2D eigenvalue weighted by molar-refractivity contribution is 5.74. The van der Waals surface area contributed by atoms with Crippen LogP contribution in [0, 0.1) is 11.8 Å². The SMILES string of the molecule is C[C@H]1CC=CC=C2N=CC=CC21. The molecule has 0 fully saturated rings. The summed E-state index contributed by atoms with van der Waals surface area (Å²) < 4.78 is 0. The number of nitrogens with zero attached hydrogens (tertiary/aromatic N) is 1. The minimum absolute atomic E-state index is 0.532. The first kappa shape index (κ1) is 7.53. The van der Waals surface area contributed by atoms with E-state index in [0.29, 0.717) is 11.8 Å². The summed E-state index contributed by atoms with van der Waals surface area (Å²) in [5, 5.41) is 0. The Labute approximate surface area is 73.2 Å². The summed E-state index contributed by atoms with van der Waals surface area (Å²) in [5.41, 5.74) is 1.21. The molecule has 0 aromatic carbocycles. The number of dihydropyridines is 1. The van der Waals surface area contributed by atoms with Gasteiger partial charge in [0.25, 0.3) is 0 Å². The highest BCUT2D eigenvalue weighted by Gasteiger charge is 2.19. The van der Waals surface area contributed by atoms with Crippen LogP contribution in [0.2, 0.25) is 0 Å². The van der Waals surface area contributed by atoms with E-state index in [9.17, 15) is 0 Å². The fourth-order valence-electron chi connectivity index (χ4n) is 1.72. The molecule has 0 spiro atoms. The van der Waals surface area contributed by atoms with E-state index < -0.39 is 0 Å². The van der Waals surface area contributed by atoms with Crippen LogP contribution in [0.1, 0.15) is 13.3 Å². The van der Waals surface area contributed by atoms with Crippen molar-refractivity contribution in [2.45, 2.75) is 13.3 Å². The van der Waals surface area contributed by atoms with E-state index in [-0.39, 0.29) is 0 Å². The first-order valence-electron chi connectivity index (χ1n) is 4.45. The first-order chi connectivity index (χ1) is 5.88. The summed E-state index contributed by atoms with van der Waals surface area (Å²) in [4.78, 5) is 4.36. The van der Waals surface area contributed by atoms with Crippen molar-refractivity contribution in [3.8, 4) is 0 Å². The number of rotatable bonds is 0. The van der Waals surface area contributed by atoms with Gasteiger partial charge in [-0.3, -0.25) is 4.99 Å². The number of aliphatic imine (C=N–C) groups is 1. The Hall–Kier alpha value is -1.11. The third-order valence-electron chi connectivity index (χ3n) is 2.49. The second kappa shape index (κ2) is 3.10. The monoisotopic (exact) mass is 159 g/mol. The van der Waals surface area contributed by atoms with Crippen LogP contribution in [0.15, 0.2) is 41.1 Å². The van der Waals surface area contributed by atoms with Crippen LogP contribution in [0.3, 0.4) is 0 Å². The van der Waals surface area contributed by atoms with Crippen molar-refractivity contribution in [2.75, 3.05) is 0 Å². The van der Waals surface area contributed by atoms with Gasteiger partial charge in [0.1, 0.15) is 0 Å². The molecular formula is C11H13N. The Morgan fingerprint density at radius 3 is 3.25 bits per heavy atom. The average molecular weight is 159 g/mol. The van der Waals surface area contributed by atoms with E-state index in [4.69, 9.17) is 0 Å². The lowest BCUT2D eigenvalue weighted by Crippen LogP contribution is -2.11. The largest absolute Gasteiger partial charge is 0.261 e. The van der Waals surface area contributed by atoms with Crippen LogP contribution >= 0.6 is 0 Å². The standard InChI is InChI=1S/C11H13N/c1-9-5-2-3-7-11-10(9)6-4-8-12-11/h2-4,6-10H,5H2,1H3/t9-,10?/m0/s1. The van der Waals surface area contributed by atoms with Crippen LogP contribution in [0.5, 0.6) is 0 Å². The molecule has 0 saturated heterocycles. The van der Waals surface area contributed by atoms with Gasteiger partial charge in [0.15, 0.2) is 0 Å². The smallest absolute Gasteiger partial charge is 0.0474 e. The zero-order valence-electron chi connectivity index (χ0n) is 7.27. The second-order valence-corrected chi connectivity index (χ2v) is 3.42. The molecule has 0 radical (unpaired) electrons. The van der Waals surface area contributed by atoms with Crippen LogP contribution < -0.4 is 0 Å². The third kappa shape index (κ3) is 1.27. The molecular weight excluding hydrogens is 146 g/mol. The van der Waals surface area contributed by atoms with Crippen molar-refractivity contribution >= 4 is 6.21 Å². The molecule has 1 unspecified atom stereocenters. The lowest BCUT2D eigenvalue weighted by Gasteiger charge is -2.20. The molecule has 1 nitrogen and oxygen atoms in total. The van der Waals surface area contributed by atoms with Crippen molar-refractivity contribution in [1.82, 2.24) is 0 Å². The van der Waals surface area contributed by atoms with Gasteiger partial charge in [-0.1, -0.05) is 25.2 Å². The number of hydrogen-bond acceptors (Lipinski definition) is 1. The lowest BCUT2D eigenvalue weighted by atomic mass is 9.88. The molecule has 1 aliphatic carbocycles. The van der Waals surface area contributed by atoms with Gasteiger partial charge in [-0.05, 0) is 24.5 Å².